The molecule has 0 bridgehead atoms. The summed E-state index contributed by atoms with van der Waals surface area (Å²) in [6, 6.07) is 2.18. The van der Waals surface area contributed by atoms with Crippen molar-refractivity contribution in [3.63, 3.8) is 0 Å². The van der Waals surface area contributed by atoms with Gasteiger partial charge < -0.3 is 48.2 Å². The maximum atomic E-state index is 12.2. The van der Waals surface area contributed by atoms with Gasteiger partial charge in [-0.25, -0.2) is 0 Å². The molecule has 102 heavy (non-hydrogen) atoms. The van der Waals surface area contributed by atoms with Gasteiger partial charge in [-0.2, -0.15) is 35.1 Å². The summed E-state index contributed by atoms with van der Waals surface area (Å²) in [6.45, 7) is 19.2. The number of benzene rings is 8. The summed E-state index contributed by atoms with van der Waals surface area (Å²) in [4.78, 5) is 47.9. The van der Waals surface area contributed by atoms with Gasteiger partial charge in [-0.15, -0.1) is 0 Å². The van der Waals surface area contributed by atoms with E-state index in [9.17, 15) is 40.8 Å². The molecule has 1 heterocycles. The van der Waals surface area contributed by atoms with Crippen LogP contribution < -0.4 is 0 Å². The minimum Gasteiger partial charge on any atom is -0.399 e. The topological polar surface area (TPSA) is 139 Å². The Balaban J connectivity index is -0.000000700. The van der Waals surface area contributed by atoms with Crippen LogP contribution in [0.25, 0.3) is 16.8 Å². The van der Waals surface area contributed by atoms with E-state index >= 15 is 0 Å². The first-order chi connectivity index (χ1) is 56.5. The standard InChI is InChI=1S/2C15H11ClO.C14H19BO2.C9H7F3O3S.C8H8O.C7H4BrClO.C2H6O.CHI3.CH2I2.CH2I.CH3.H2S.2V/c16-11-6-7-12-13(9-15(17)14(12)8-11)10-4-2-1-3-5-10;1-11(12-5-3-2-4-6-12)15-8-7-14(16)9-13(15)10-17;1-11(12-9-7-6-8-10-12)15-16-13(2,3)14(4,5)17-15;1-7(8-5-3-2-4-6-8)15-16(13,14)9(10,11)12;1-7(9)8-5-3-2-4-6-8;8-7-2-1-6(9)3-5(7)4-10;1-3-2;2-1(3)4;2-1-3;1-2;;;;/h1-8,13H,9H2;2-10H,1H2;6-10H,1H2,2-5H3;2-6H,1H2;2-6H,1H3;1-4H;1-2H3;1H;1H2;1H2;1H3;1H2;;/q;;;;;;;;;2*-1;;;/t13-;;;;;;;;;;;;;/m0............./s1/i1D,2D,3D,4D,5D;2D,3D,4D,5D,6D;6D,7D,8D,9D,10D;2*2D,3D,4D,5D,6D;;;;;;;;;. The van der Waals surface area contributed by atoms with Crippen LogP contribution in [0.15, 0.2) is 230 Å². The van der Waals surface area contributed by atoms with E-state index in [0.29, 0.717) is 43.6 Å². The number of carbonyl (C=O) groups excluding carboxylic acids is 4. The van der Waals surface area contributed by atoms with Crippen LogP contribution in [-0.4, -0.2) is 73.0 Å². The molecule has 1 aliphatic carbocycles. The Hall–Kier alpha value is -1.61. The van der Waals surface area contributed by atoms with E-state index in [1.807, 2.05) is 50.3 Å². The molecule has 1 atom stereocenters. The zero-order chi connectivity index (χ0) is 96.2. The van der Waals surface area contributed by atoms with Crippen molar-refractivity contribution in [1.29, 1.82) is 0 Å². The van der Waals surface area contributed by atoms with Crippen LogP contribution >= 0.6 is 200 Å². The van der Waals surface area contributed by atoms with Gasteiger partial charge in [0.2, 0.25) is 0 Å². The molecule has 0 N–H and O–H groups in total. The van der Waals surface area contributed by atoms with E-state index in [2.05, 4.69) is 162 Å². The molecule has 0 amide bonds. The van der Waals surface area contributed by atoms with Gasteiger partial charge in [-0.05, 0) is 116 Å². The second-order valence-corrected chi connectivity index (χ2v) is 37.9. The van der Waals surface area contributed by atoms with Gasteiger partial charge in [0.15, 0.2) is 24.1 Å². The molecular weight excluding hydrogens is 2230 g/mol. The predicted octanol–water partition coefficient (Wildman–Crippen LogP) is 25.4. The number of carbonyl (C=O) groups is 4. The van der Waals surface area contributed by atoms with Crippen molar-refractivity contribution in [2.45, 2.75) is 63.6 Å². The molecule has 2 aliphatic rings. The molecule has 28 heteroatoms. The molecule has 8 aromatic carbocycles. The molecule has 10 rings (SSSR count). The predicted molar refractivity (Wildman–Crippen MR) is 472 cm³/mol. The average molecular weight is 2330 g/mol. The third-order valence-corrected chi connectivity index (χ3v) is 14.2. The number of rotatable bonds is 11. The number of alkyl halides is 8. The number of ether oxygens (including phenoxy) is 1. The van der Waals surface area contributed by atoms with E-state index in [-0.39, 0.29) is 157 Å². The Labute approximate surface area is 772 Å². The smallest absolute Gasteiger partial charge is 0.399 e. The number of ketones is 2. The molecule has 1 fully saturated rings. The second kappa shape index (κ2) is 56.6. The summed E-state index contributed by atoms with van der Waals surface area (Å²) in [5, 5.41) is 1.37. The van der Waals surface area contributed by atoms with Crippen molar-refractivity contribution in [2.75, 3.05) is 16.7 Å². The van der Waals surface area contributed by atoms with Crippen LogP contribution in [0.5, 0.6) is 0 Å². The number of hydrogen-bond donors (Lipinski definition) is 0. The van der Waals surface area contributed by atoms with Gasteiger partial charge >= 0.3 is 22.7 Å². The molecule has 1 saturated heterocycles. The maximum Gasteiger partial charge on any atom is 0.534 e. The molecule has 0 saturated carbocycles. The molecule has 0 unspecified atom stereocenters. The van der Waals surface area contributed by atoms with Gasteiger partial charge in [-0.3, -0.25) is 24.1 Å². The first kappa shape index (κ1) is 67.3. The minimum absolute atomic E-state index is 0. The van der Waals surface area contributed by atoms with E-state index in [0.717, 1.165) is 10.7 Å². The van der Waals surface area contributed by atoms with Crippen molar-refractivity contribution >= 4 is 258 Å². The van der Waals surface area contributed by atoms with E-state index in [1.165, 1.54) is 21.5 Å². The molecule has 2 radical (unpaired) electrons. The maximum absolute atomic E-state index is 12.2. The Bertz CT molecular complexity index is 5310. The van der Waals surface area contributed by atoms with E-state index in [4.69, 9.17) is 78.4 Å². The van der Waals surface area contributed by atoms with Crippen molar-refractivity contribution in [3.05, 3.63) is 313 Å². The van der Waals surface area contributed by atoms with Crippen molar-refractivity contribution < 1.29 is 130 Å². The fraction of sp³-hybridized carbons (Fsp3) is 0.189. The number of methoxy groups -OCH3 is 1. The van der Waals surface area contributed by atoms with Crippen LogP contribution in [0.1, 0.15) is 156 Å². The summed E-state index contributed by atoms with van der Waals surface area (Å²) in [5.74, 6) is -2.41. The molecule has 10 nitrogen and oxygen atoms in total. The van der Waals surface area contributed by atoms with Gasteiger partial charge in [0, 0.05) is 111 Å². The number of hydrogen-bond acceptors (Lipinski definition) is 10. The fourth-order valence-electron chi connectivity index (χ4n) is 6.77. The van der Waals surface area contributed by atoms with Crippen LogP contribution in [0.4, 0.5) is 13.2 Å². The van der Waals surface area contributed by atoms with Crippen LogP contribution in [0, 0.1) is 12.4 Å². The van der Waals surface area contributed by atoms with Gasteiger partial charge in [0.1, 0.15) is 5.70 Å². The monoisotopic (exact) mass is 2330 g/mol. The zero-order valence-corrected chi connectivity index (χ0v) is 76.0. The van der Waals surface area contributed by atoms with Gasteiger partial charge in [0.25, 0.3) is 0 Å². The van der Waals surface area contributed by atoms with Crippen molar-refractivity contribution in [2.24, 2.45) is 0 Å². The summed E-state index contributed by atoms with van der Waals surface area (Å²) in [7, 11) is -3.65. The van der Waals surface area contributed by atoms with Crippen molar-refractivity contribution in [1.82, 2.24) is 0 Å². The molecule has 0 spiro atoms. The number of fused-ring (bicyclic) bond motifs is 1. The third kappa shape index (κ3) is 39.2. The zero-order valence-electron chi connectivity index (χ0n) is 79.6. The fourth-order valence-corrected chi connectivity index (χ4v) is 8.08. The summed E-state index contributed by atoms with van der Waals surface area (Å²) < 4.78 is 271. The number of halogens is 13. The summed E-state index contributed by atoms with van der Waals surface area (Å²) >= 11 is 34.0. The van der Waals surface area contributed by atoms with Gasteiger partial charge in [-0.1, -0.05) is 347 Å². The molecule has 550 valence electrons. The van der Waals surface area contributed by atoms with Crippen LogP contribution in [0.2, 0.25) is 15.1 Å². The van der Waals surface area contributed by atoms with Gasteiger partial charge in [0.05, 0.1) is 47.9 Å². The Morgan fingerprint density at radius 2 is 1.04 bits per heavy atom. The summed E-state index contributed by atoms with van der Waals surface area (Å²) in [5.41, 5.74) is -5.14. The molecule has 0 aromatic heterocycles. The first-order valence-corrected chi connectivity index (χ1v) is 38.1. The van der Waals surface area contributed by atoms with Crippen molar-refractivity contribution in [3.8, 4) is 0 Å². The Morgan fingerprint density at radius 3 is 1.43 bits per heavy atom. The summed E-state index contributed by atoms with van der Waals surface area (Å²) in [6.07, 6.45) is 1.43. The minimum atomic E-state index is -6.05. The Kier molecular flexibility index (Phi) is 37.3. The Morgan fingerprint density at radius 1 is 0.686 bits per heavy atom. The molecular formula is C74H76BBrCl3F3I6O10S2V2-2. The first-order valence-electron chi connectivity index (χ1n) is 39.0. The molecule has 1 aliphatic heterocycles. The average Bonchev–Trinajstić information content (AvgIpc) is 1.64. The largest absolute Gasteiger partial charge is 0.534 e. The number of Topliss-reactive ketones (excluding diaryl/α,β-unsaturated/α-hetero) is 2. The van der Waals surface area contributed by atoms with E-state index < -0.39 is 160 Å². The normalized spacial score (nSPS) is 16.1. The molecule has 8 aromatic rings. The second-order valence-electron chi connectivity index (χ2n) is 18.9. The quantitative estimate of drug-likeness (QED) is 0.0141. The third-order valence-electron chi connectivity index (χ3n) is 11.8. The SMILES string of the molecule is COC.IC(I)I.ICI.O=Cc1cc(Cl)ccc1Br.S.[2H]c1c([2H])c([2H])c(C(=C)B2OC(C)(C)C(C)(C)O2)c([2H])c1[2H].[2H]c1c([2H])c([2H])c(C(=C)OS(=O)(=O)C(F)(F)F)c([2H])c1[2H].[2H]c1c([2H])c([2H])c(C(=C)c2ccc(Cl)cc2C=O)c([2H])c1[2H].[2H]c1c([2H])c([2H])c(C(C)=O)c([2H])c1[2H].[2H]c1c([2H])c([2H])c([C@@H]2CC(=O)c3cc(Cl)ccc32)c([2H])c1[2H].[CH2-]I.[CH3-].[V].[V]. The van der Waals surface area contributed by atoms with Crippen LogP contribution in [-0.2, 0) is 65.5 Å². The van der Waals surface area contributed by atoms with Crippen LogP contribution in [0.3, 0.4) is 0 Å². The van der Waals surface area contributed by atoms with E-state index in [1.54, 1.807) is 56.7 Å². The number of aldehydes is 2.